The second-order valence-electron chi connectivity index (χ2n) is 5.76. The van der Waals surface area contributed by atoms with E-state index in [9.17, 15) is 4.79 Å². The summed E-state index contributed by atoms with van der Waals surface area (Å²) in [7, 11) is 0. The molecule has 0 unspecified atom stereocenters. The Balaban J connectivity index is 1.48. The van der Waals surface area contributed by atoms with Crippen molar-refractivity contribution in [1.29, 1.82) is 0 Å². The van der Waals surface area contributed by atoms with Gasteiger partial charge in [-0.25, -0.2) is 4.98 Å². The molecule has 1 aromatic heterocycles. The Morgan fingerprint density at radius 1 is 1.30 bits per heavy atom. The third-order valence-corrected chi connectivity index (χ3v) is 4.84. The van der Waals surface area contributed by atoms with Crippen molar-refractivity contribution in [3.8, 4) is 5.75 Å². The van der Waals surface area contributed by atoms with Crippen LogP contribution in [0.2, 0.25) is 0 Å². The topological polar surface area (TPSA) is 51.2 Å². The van der Waals surface area contributed by atoms with E-state index in [1.54, 1.807) is 0 Å². The summed E-state index contributed by atoms with van der Waals surface area (Å²) in [6.07, 6.45) is 1.27. The Kier molecular flexibility index (Phi) is 3.50. The number of rotatable bonds is 3. The summed E-state index contributed by atoms with van der Waals surface area (Å²) >= 11 is 1.51. The second kappa shape index (κ2) is 5.66. The van der Waals surface area contributed by atoms with Crippen molar-refractivity contribution in [2.24, 2.45) is 0 Å². The maximum absolute atomic E-state index is 12.3. The molecule has 3 aromatic rings. The Morgan fingerprint density at radius 3 is 3.13 bits per heavy atom. The minimum Gasteiger partial charge on any atom is -0.493 e. The first kappa shape index (κ1) is 14.2. The van der Waals surface area contributed by atoms with Crippen molar-refractivity contribution < 1.29 is 9.53 Å². The van der Waals surface area contributed by atoms with Crippen molar-refractivity contribution in [1.82, 2.24) is 4.98 Å². The van der Waals surface area contributed by atoms with E-state index in [4.69, 9.17) is 4.74 Å². The lowest BCUT2D eigenvalue weighted by molar-refractivity contribution is -0.115. The summed E-state index contributed by atoms with van der Waals surface area (Å²) < 4.78 is 6.58. The van der Waals surface area contributed by atoms with E-state index in [0.29, 0.717) is 11.6 Å². The number of nitrogens with one attached hydrogen (secondary N) is 1. The number of aromatic nitrogens is 1. The molecule has 1 aliphatic rings. The zero-order valence-electron chi connectivity index (χ0n) is 12.8. The van der Waals surface area contributed by atoms with Crippen molar-refractivity contribution in [3.05, 3.63) is 53.1 Å². The Morgan fingerprint density at radius 2 is 2.22 bits per heavy atom. The van der Waals surface area contributed by atoms with Crippen molar-refractivity contribution in [2.75, 3.05) is 11.9 Å². The fourth-order valence-corrected chi connectivity index (χ4v) is 3.76. The second-order valence-corrected chi connectivity index (χ2v) is 6.79. The van der Waals surface area contributed by atoms with Gasteiger partial charge in [0, 0.05) is 6.42 Å². The van der Waals surface area contributed by atoms with Gasteiger partial charge in [-0.15, -0.1) is 0 Å². The van der Waals surface area contributed by atoms with E-state index in [-0.39, 0.29) is 5.91 Å². The average molecular weight is 324 g/mol. The zero-order valence-corrected chi connectivity index (χ0v) is 13.6. The van der Waals surface area contributed by atoms with Gasteiger partial charge in [-0.3, -0.25) is 4.79 Å². The molecule has 0 aliphatic carbocycles. The SMILES string of the molecule is Cc1ccc2nc(NC(=O)Cc3ccc4c(c3)CCO4)sc2c1. The van der Waals surface area contributed by atoms with Crippen LogP contribution >= 0.6 is 11.3 Å². The number of benzene rings is 2. The maximum atomic E-state index is 12.3. The van der Waals surface area contributed by atoms with Crippen LogP contribution in [-0.2, 0) is 17.6 Å². The van der Waals surface area contributed by atoms with Crippen molar-refractivity contribution in [2.45, 2.75) is 19.8 Å². The molecule has 5 heteroatoms. The lowest BCUT2D eigenvalue weighted by Gasteiger charge is -2.04. The molecular weight excluding hydrogens is 308 g/mol. The quantitative estimate of drug-likeness (QED) is 0.799. The van der Waals surface area contributed by atoms with Gasteiger partial charge in [-0.05, 0) is 41.8 Å². The summed E-state index contributed by atoms with van der Waals surface area (Å²) in [6.45, 7) is 2.78. The van der Waals surface area contributed by atoms with E-state index in [1.807, 2.05) is 24.3 Å². The van der Waals surface area contributed by atoms with Crippen LogP contribution in [0.1, 0.15) is 16.7 Å². The molecule has 0 spiro atoms. The molecule has 4 rings (SSSR count). The van der Waals surface area contributed by atoms with Crippen LogP contribution in [0.5, 0.6) is 5.75 Å². The number of amides is 1. The predicted octanol–water partition coefficient (Wildman–Crippen LogP) is 3.72. The highest BCUT2D eigenvalue weighted by atomic mass is 32.1. The van der Waals surface area contributed by atoms with E-state index in [0.717, 1.165) is 34.6 Å². The minimum atomic E-state index is -0.0420. The Bertz CT molecular complexity index is 901. The first-order valence-electron chi connectivity index (χ1n) is 7.59. The molecule has 2 heterocycles. The molecule has 2 aromatic carbocycles. The first-order valence-corrected chi connectivity index (χ1v) is 8.41. The molecule has 1 aliphatic heterocycles. The van der Waals surface area contributed by atoms with Crippen molar-refractivity contribution >= 4 is 32.6 Å². The van der Waals surface area contributed by atoms with Gasteiger partial charge >= 0.3 is 0 Å². The van der Waals surface area contributed by atoms with Crippen molar-refractivity contribution in [3.63, 3.8) is 0 Å². The maximum Gasteiger partial charge on any atom is 0.230 e. The highest BCUT2D eigenvalue weighted by Crippen LogP contribution is 2.28. The molecule has 1 N–H and O–H groups in total. The number of carbonyl (C=O) groups excluding carboxylic acids is 1. The number of anilines is 1. The van der Waals surface area contributed by atoms with Gasteiger partial charge in [0.25, 0.3) is 0 Å². The van der Waals surface area contributed by atoms with Gasteiger partial charge in [0.1, 0.15) is 5.75 Å². The number of nitrogens with zero attached hydrogens (tertiary/aromatic N) is 1. The minimum absolute atomic E-state index is 0.0420. The standard InChI is InChI=1S/C18H16N2O2S/c1-11-2-4-14-16(8-11)23-18(19-14)20-17(21)10-12-3-5-15-13(9-12)6-7-22-15/h2-5,8-9H,6-7,10H2,1H3,(H,19,20,21). The average Bonchev–Trinajstić information content (AvgIpc) is 3.11. The van der Waals surface area contributed by atoms with Gasteiger partial charge in [0.05, 0.1) is 23.2 Å². The number of hydrogen-bond donors (Lipinski definition) is 1. The van der Waals surface area contributed by atoms with E-state index >= 15 is 0 Å². The first-order chi connectivity index (χ1) is 11.2. The monoisotopic (exact) mass is 324 g/mol. The number of fused-ring (bicyclic) bond motifs is 2. The molecule has 0 radical (unpaired) electrons. The summed E-state index contributed by atoms with van der Waals surface area (Å²) in [4.78, 5) is 16.7. The molecule has 0 bridgehead atoms. The van der Waals surface area contributed by atoms with Crippen LogP contribution in [0.15, 0.2) is 36.4 Å². The van der Waals surface area contributed by atoms with Gasteiger partial charge < -0.3 is 10.1 Å². The molecular formula is C18H16N2O2S. The van der Waals surface area contributed by atoms with Gasteiger partial charge in [0.2, 0.25) is 5.91 Å². The Hall–Kier alpha value is -2.40. The summed E-state index contributed by atoms with van der Waals surface area (Å²) in [5.74, 6) is 0.898. The highest BCUT2D eigenvalue weighted by molar-refractivity contribution is 7.22. The normalized spacial score (nSPS) is 12.9. The summed E-state index contributed by atoms with van der Waals surface area (Å²) in [6, 6.07) is 12.1. The van der Waals surface area contributed by atoms with Crippen LogP contribution in [0.4, 0.5) is 5.13 Å². The lowest BCUT2D eigenvalue weighted by atomic mass is 10.1. The van der Waals surface area contributed by atoms with E-state index in [1.165, 1.54) is 22.5 Å². The largest absolute Gasteiger partial charge is 0.493 e. The molecule has 23 heavy (non-hydrogen) atoms. The Labute approximate surface area is 138 Å². The van der Waals surface area contributed by atoms with Gasteiger partial charge in [0.15, 0.2) is 5.13 Å². The highest BCUT2D eigenvalue weighted by Gasteiger charge is 2.14. The molecule has 1 amide bonds. The molecule has 0 atom stereocenters. The van der Waals surface area contributed by atoms with E-state index in [2.05, 4.69) is 29.4 Å². The molecule has 0 saturated heterocycles. The summed E-state index contributed by atoms with van der Waals surface area (Å²) in [5.41, 5.74) is 4.31. The molecule has 0 saturated carbocycles. The van der Waals surface area contributed by atoms with Crippen LogP contribution in [0.3, 0.4) is 0 Å². The number of thiazole rings is 1. The predicted molar refractivity (Wildman–Crippen MR) is 92.3 cm³/mol. The lowest BCUT2D eigenvalue weighted by Crippen LogP contribution is -2.14. The molecule has 116 valence electrons. The van der Waals surface area contributed by atoms with Crippen LogP contribution in [-0.4, -0.2) is 17.5 Å². The zero-order chi connectivity index (χ0) is 15.8. The molecule has 0 fully saturated rings. The van der Waals surface area contributed by atoms with Gasteiger partial charge in [-0.1, -0.05) is 29.5 Å². The fraction of sp³-hybridized carbons (Fsp3) is 0.222. The number of hydrogen-bond acceptors (Lipinski definition) is 4. The summed E-state index contributed by atoms with van der Waals surface area (Å²) in [5, 5.41) is 3.56. The smallest absolute Gasteiger partial charge is 0.230 e. The van der Waals surface area contributed by atoms with Crippen LogP contribution in [0.25, 0.3) is 10.2 Å². The van der Waals surface area contributed by atoms with Crippen LogP contribution < -0.4 is 10.1 Å². The van der Waals surface area contributed by atoms with E-state index < -0.39 is 0 Å². The number of aryl methyl sites for hydroxylation is 1. The van der Waals surface area contributed by atoms with Crippen LogP contribution in [0, 0.1) is 6.92 Å². The molecule has 4 nitrogen and oxygen atoms in total. The third kappa shape index (κ3) is 2.92. The number of ether oxygens (including phenoxy) is 1. The third-order valence-electron chi connectivity index (χ3n) is 3.91. The fourth-order valence-electron chi connectivity index (χ4n) is 2.78. The number of carbonyl (C=O) groups is 1. The van der Waals surface area contributed by atoms with Gasteiger partial charge in [-0.2, -0.15) is 0 Å².